The van der Waals surface area contributed by atoms with Crippen LogP contribution in [0.3, 0.4) is 0 Å². The van der Waals surface area contributed by atoms with Crippen LogP contribution in [0, 0.1) is 0 Å². The SMILES string of the molecule is COc1cc(O)c(NC(=O)Nc2cccc(C(F)(F)F)c2)cc1Cl. The van der Waals surface area contributed by atoms with Gasteiger partial charge in [0.1, 0.15) is 11.5 Å². The van der Waals surface area contributed by atoms with E-state index in [1.54, 1.807) is 0 Å². The van der Waals surface area contributed by atoms with E-state index < -0.39 is 17.8 Å². The fourth-order valence-corrected chi connectivity index (χ4v) is 2.10. The number of methoxy groups -OCH3 is 1. The minimum atomic E-state index is -4.52. The van der Waals surface area contributed by atoms with Crippen LogP contribution >= 0.6 is 11.6 Å². The zero-order valence-electron chi connectivity index (χ0n) is 12.2. The summed E-state index contributed by atoms with van der Waals surface area (Å²) in [4.78, 5) is 11.9. The van der Waals surface area contributed by atoms with Crippen molar-refractivity contribution in [3.05, 3.63) is 47.0 Å². The predicted molar refractivity (Wildman–Crippen MR) is 83.8 cm³/mol. The molecular weight excluding hydrogens is 349 g/mol. The number of rotatable bonds is 3. The molecule has 5 nitrogen and oxygen atoms in total. The fourth-order valence-electron chi connectivity index (χ4n) is 1.86. The number of hydrogen-bond donors (Lipinski definition) is 3. The van der Waals surface area contributed by atoms with E-state index >= 15 is 0 Å². The number of phenols is 1. The standard InChI is InChI=1S/C15H12ClF3N2O3/c1-24-13-7-12(22)11(6-10(13)16)21-14(23)20-9-4-2-3-8(5-9)15(17,18)19/h2-7,22H,1H3,(H2,20,21,23). The van der Waals surface area contributed by atoms with Gasteiger partial charge in [-0.2, -0.15) is 13.2 Å². The molecule has 0 aliphatic heterocycles. The van der Waals surface area contributed by atoms with Gasteiger partial charge in [0, 0.05) is 11.8 Å². The highest BCUT2D eigenvalue weighted by molar-refractivity contribution is 6.32. The van der Waals surface area contributed by atoms with Gasteiger partial charge in [-0.25, -0.2) is 4.79 Å². The second-order valence-corrected chi connectivity index (χ2v) is 5.07. The molecule has 24 heavy (non-hydrogen) atoms. The molecule has 128 valence electrons. The van der Waals surface area contributed by atoms with Gasteiger partial charge < -0.3 is 20.5 Å². The molecule has 0 heterocycles. The van der Waals surface area contributed by atoms with Gasteiger partial charge in [-0.05, 0) is 24.3 Å². The number of urea groups is 1. The first-order valence-electron chi connectivity index (χ1n) is 6.52. The molecule has 0 atom stereocenters. The first-order valence-corrected chi connectivity index (χ1v) is 6.90. The Bertz CT molecular complexity index is 766. The van der Waals surface area contributed by atoms with Crippen LogP contribution in [0.25, 0.3) is 0 Å². The third-order valence-electron chi connectivity index (χ3n) is 2.97. The summed E-state index contributed by atoms with van der Waals surface area (Å²) >= 11 is 5.88. The molecule has 2 amide bonds. The molecule has 0 unspecified atom stereocenters. The molecule has 0 radical (unpaired) electrons. The van der Waals surface area contributed by atoms with Crippen molar-refractivity contribution in [3.63, 3.8) is 0 Å². The zero-order valence-corrected chi connectivity index (χ0v) is 13.0. The van der Waals surface area contributed by atoms with Gasteiger partial charge >= 0.3 is 12.2 Å². The van der Waals surface area contributed by atoms with Crippen LogP contribution in [0.2, 0.25) is 5.02 Å². The molecular formula is C15H12ClF3N2O3. The van der Waals surface area contributed by atoms with Crippen LogP contribution in [0.15, 0.2) is 36.4 Å². The highest BCUT2D eigenvalue weighted by Crippen LogP contribution is 2.35. The molecule has 2 aromatic carbocycles. The molecule has 0 saturated carbocycles. The second-order valence-electron chi connectivity index (χ2n) is 4.66. The lowest BCUT2D eigenvalue weighted by molar-refractivity contribution is -0.137. The summed E-state index contributed by atoms with van der Waals surface area (Å²) in [5.41, 5.74) is -0.970. The number of ether oxygens (including phenoxy) is 1. The molecule has 0 spiro atoms. The van der Waals surface area contributed by atoms with Crippen LogP contribution in [0.5, 0.6) is 11.5 Å². The minimum Gasteiger partial charge on any atom is -0.506 e. The van der Waals surface area contributed by atoms with E-state index in [4.69, 9.17) is 16.3 Å². The average molecular weight is 361 g/mol. The minimum absolute atomic E-state index is 0.0229. The van der Waals surface area contributed by atoms with Gasteiger partial charge in [0.05, 0.1) is 23.4 Å². The van der Waals surface area contributed by atoms with Crippen LogP contribution in [-0.2, 0) is 6.18 Å². The third-order valence-corrected chi connectivity index (χ3v) is 3.26. The van der Waals surface area contributed by atoms with Crippen molar-refractivity contribution in [2.75, 3.05) is 17.7 Å². The van der Waals surface area contributed by atoms with Crippen molar-refractivity contribution in [3.8, 4) is 11.5 Å². The van der Waals surface area contributed by atoms with Gasteiger partial charge in [-0.3, -0.25) is 0 Å². The van der Waals surface area contributed by atoms with E-state index in [2.05, 4.69) is 10.6 Å². The number of carbonyl (C=O) groups excluding carboxylic acids is 1. The zero-order chi connectivity index (χ0) is 17.9. The van der Waals surface area contributed by atoms with E-state index in [9.17, 15) is 23.1 Å². The molecule has 0 aliphatic carbocycles. The number of benzene rings is 2. The second kappa shape index (κ2) is 6.88. The molecule has 0 fully saturated rings. The molecule has 0 aromatic heterocycles. The monoisotopic (exact) mass is 360 g/mol. The molecule has 0 bridgehead atoms. The first kappa shape index (κ1) is 17.7. The number of amides is 2. The molecule has 3 N–H and O–H groups in total. The summed E-state index contributed by atoms with van der Waals surface area (Å²) in [6, 6.07) is 5.75. The molecule has 0 saturated heterocycles. The molecule has 9 heteroatoms. The average Bonchev–Trinajstić information content (AvgIpc) is 2.50. The van der Waals surface area contributed by atoms with Crippen molar-refractivity contribution >= 4 is 29.0 Å². The summed E-state index contributed by atoms with van der Waals surface area (Å²) in [6.07, 6.45) is -4.52. The first-order chi connectivity index (χ1) is 11.2. The largest absolute Gasteiger partial charge is 0.506 e. The van der Waals surface area contributed by atoms with Crippen molar-refractivity contribution in [2.24, 2.45) is 0 Å². The van der Waals surface area contributed by atoms with Gasteiger partial charge in [0.2, 0.25) is 0 Å². The summed E-state index contributed by atoms with van der Waals surface area (Å²) < 4.78 is 42.8. The lowest BCUT2D eigenvalue weighted by Gasteiger charge is -2.12. The lowest BCUT2D eigenvalue weighted by atomic mass is 10.2. The number of carbonyl (C=O) groups is 1. The van der Waals surface area contributed by atoms with Crippen LogP contribution in [0.1, 0.15) is 5.56 Å². The smallest absolute Gasteiger partial charge is 0.416 e. The maximum absolute atomic E-state index is 12.6. The van der Waals surface area contributed by atoms with Crippen molar-refractivity contribution in [1.29, 1.82) is 0 Å². The van der Waals surface area contributed by atoms with Gasteiger partial charge in [-0.15, -0.1) is 0 Å². The number of anilines is 2. The Morgan fingerprint density at radius 2 is 1.92 bits per heavy atom. The number of aromatic hydroxyl groups is 1. The number of nitrogens with one attached hydrogen (secondary N) is 2. The highest BCUT2D eigenvalue weighted by atomic mass is 35.5. The van der Waals surface area contributed by atoms with Crippen molar-refractivity contribution in [2.45, 2.75) is 6.18 Å². The molecule has 0 aliphatic rings. The number of hydrogen-bond acceptors (Lipinski definition) is 3. The molecule has 2 aromatic rings. The Hall–Kier alpha value is -2.61. The highest BCUT2D eigenvalue weighted by Gasteiger charge is 2.30. The van der Waals surface area contributed by atoms with Crippen LogP contribution in [0.4, 0.5) is 29.3 Å². The summed E-state index contributed by atoms with van der Waals surface area (Å²) in [5, 5.41) is 14.5. The number of alkyl halides is 3. The normalized spacial score (nSPS) is 11.0. The lowest BCUT2D eigenvalue weighted by Crippen LogP contribution is -2.20. The quantitative estimate of drug-likeness (QED) is 0.694. The summed E-state index contributed by atoms with van der Waals surface area (Å²) in [6.45, 7) is 0. The van der Waals surface area contributed by atoms with E-state index in [0.29, 0.717) is 0 Å². The fraction of sp³-hybridized carbons (Fsp3) is 0.133. The summed E-state index contributed by atoms with van der Waals surface area (Å²) in [7, 11) is 1.36. The molecule has 2 rings (SSSR count). The Morgan fingerprint density at radius 1 is 1.21 bits per heavy atom. The Kier molecular flexibility index (Phi) is 5.08. The van der Waals surface area contributed by atoms with Crippen LogP contribution < -0.4 is 15.4 Å². The summed E-state index contributed by atoms with van der Waals surface area (Å²) in [5.74, 6) is -0.103. The Morgan fingerprint density at radius 3 is 2.54 bits per heavy atom. The Balaban J connectivity index is 2.13. The van der Waals surface area contributed by atoms with E-state index in [-0.39, 0.29) is 27.9 Å². The van der Waals surface area contributed by atoms with Gasteiger partial charge in [0.15, 0.2) is 0 Å². The maximum Gasteiger partial charge on any atom is 0.416 e. The van der Waals surface area contributed by atoms with Crippen molar-refractivity contribution in [1.82, 2.24) is 0 Å². The third kappa shape index (κ3) is 4.23. The Labute approximate surface area is 140 Å². The number of halogens is 4. The predicted octanol–water partition coefficient (Wildman–Crippen LogP) is 4.72. The maximum atomic E-state index is 12.6. The van der Waals surface area contributed by atoms with E-state index in [1.807, 2.05) is 0 Å². The van der Waals surface area contributed by atoms with Crippen LogP contribution in [-0.4, -0.2) is 18.2 Å². The van der Waals surface area contributed by atoms with E-state index in [1.165, 1.54) is 31.4 Å². The topological polar surface area (TPSA) is 70.6 Å². The number of phenolic OH excluding ortho intramolecular Hbond substituents is 1. The van der Waals surface area contributed by atoms with Gasteiger partial charge in [-0.1, -0.05) is 17.7 Å². The van der Waals surface area contributed by atoms with E-state index in [0.717, 1.165) is 12.1 Å². The van der Waals surface area contributed by atoms with Gasteiger partial charge in [0.25, 0.3) is 0 Å². The van der Waals surface area contributed by atoms with Crippen molar-refractivity contribution < 1.29 is 27.8 Å².